The number of hydrogen-bond acceptors (Lipinski definition) is 5. The van der Waals surface area contributed by atoms with Crippen molar-refractivity contribution in [2.75, 3.05) is 13.7 Å². The molecule has 0 aliphatic heterocycles. The van der Waals surface area contributed by atoms with Gasteiger partial charge in [-0.3, -0.25) is 0 Å². The van der Waals surface area contributed by atoms with E-state index in [9.17, 15) is 9.59 Å². The number of benzene rings is 2. The molecule has 0 bridgehead atoms. The van der Waals surface area contributed by atoms with Gasteiger partial charge in [0.15, 0.2) is 0 Å². The summed E-state index contributed by atoms with van der Waals surface area (Å²) in [4.78, 5) is 23.6. The van der Waals surface area contributed by atoms with Crippen molar-refractivity contribution < 1.29 is 23.8 Å². The second-order valence-electron chi connectivity index (χ2n) is 4.78. The fraction of sp³-hybridized carbons (Fsp3) is 0.222. The molecule has 0 atom stereocenters. The van der Waals surface area contributed by atoms with Crippen LogP contribution in [-0.4, -0.2) is 25.7 Å². The van der Waals surface area contributed by atoms with Crippen LogP contribution in [0.5, 0.6) is 11.5 Å². The lowest BCUT2D eigenvalue weighted by Gasteiger charge is -2.07. The molecule has 0 fully saturated rings. The van der Waals surface area contributed by atoms with Crippen molar-refractivity contribution in [3.05, 3.63) is 59.7 Å². The fourth-order valence-corrected chi connectivity index (χ4v) is 1.88. The van der Waals surface area contributed by atoms with E-state index in [1.165, 1.54) is 13.2 Å². The number of ether oxygens (including phenoxy) is 3. The molecule has 2 aromatic rings. The van der Waals surface area contributed by atoms with Crippen LogP contribution in [0.3, 0.4) is 0 Å². The standard InChI is InChI=1S/C18H18O5/c1-3-11-22-15-9-7-13(8-10-15)18(20)23-16-6-4-5-14(12-16)17(19)21-2/h4-10,12H,3,11H2,1-2H3. The van der Waals surface area contributed by atoms with E-state index in [0.717, 1.165) is 6.42 Å². The Morgan fingerprint density at radius 3 is 2.30 bits per heavy atom. The molecule has 0 spiro atoms. The number of carbonyl (C=O) groups excluding carboxylic acids is 2. The van der Waals surface area contributed by atoms with Crippen LogP contribution >= 0.6 is 0 Å². The summed E-state index contributed by atoms with van der Waals surface area (Å²) in [5.41, 5.74) is 0.721. The number of carbonyl (C=O) groups is 2. The molecule has 0 unspecified atom stereocenters. The Morgan fingerprint density at radius 2 is 1.65 bits per heavy atom. The highest BCUT2D eigenvalue weighted by Gasteiger charge is 2.11. The molecule has 0 aromatic heterocycles. The van der Waals surface area contributed by atoms with E-state index in [4.69, 9.17) is 9.47 Å². The van der Waals surface area contributed by atoms with Gasteiger partial charge in [-0.25, -0.2) is 9.59 Å². The van der Waals surface area contributed by atoms with Gasteiger partial charge in [-0.15, -0.1) is 0 Å². The minimum absolute atomic E-state index is 0.282. The molecule has 120 valence electrons. The molecule has 2 aromatic carbocycles. The maximum Gasteiger partial charge on any atom is 0.343 e. The molecule has 0 N–H and O–H groups in total. The summed E-state index contributed by atoms with van der Waals surface area (Å²) in [6.07, 6.45) is 0.917. The normalized spacial score (nSPS) is 10.0. The molecule has 23 heavy (non-hydrogen) atoms. The van der Waals surface area contributed by atoms with Crippen LogP contribution in [0.1, 0.15) is 34.1 Å². The summed E-state index contributed by atoms with van der Waals surface area (Å²) in [7, 11) is 1.29. The lowest BCUT2D eigenvalue weighted by Crippen LogP contribution is -2.09. The average Bonchev–Trinajstić information content (AvgIpc) is 2.59. The predicted octanol–water partition coefficient (Wildman–Crippen LogP) is 3.48. The first kappa shape index (κ1) is 16.5. The van der Waals surface area contributed by atoms with Crippen LogP contribution in [0.25, 0.3) is 0 Å². The third kappa shape index (κ3) is 4.57. The van der Waals surface area contributed by atoms with E-state index in [1.54, 1.807) is 42.5 Å². The third-order valence-corrected chi connectivity index (χ3v) is 3.03. The van der Waals surface area contributed by atoms with E-state index in [0.29, 0.717) is 23.5 Å². The topological polar surface area (TPSA) is 61.8 Å². The molecule has 0 aliphatic carbocycles. The molecular formula is C18H18O5. The molecule has 5 nitrogen and oxygen atoms in total. The van der Waals surface area contributed by atoms with Crippen molar-refractivity contribution in [2.24, 2.45) is 0 Å². The zero-order chi connectivity index (χ0) is 16.7. The Bertz CT molecular complexity index is 676. The molecule has 5 heteroatoms. The summed E-state index contributed by atoms with van der Waals surface area (Å²) in [6, 6.07) is 13.0. The predicted molar refractivity (Wildman–Crippen MR) is 85.0 cm³/mol. The Labute approximate surface area is 134 Å². The molecule has 0 radical (unpaired) electrons. The number of rotatable bonds is 6. The molecule has 0 amide bonds. The van der Waals surface area contributed by atoms with Gasteiger partial charge >= 0.3 is 11.9 Å². The SMILES string of the molecule is CCCOc1ccc(C(=O)Oc2cccc(C(=O)OC)c2)cc1. The Kier molecular flexibility index (Phi) is 5.74. The average molecular weight is 314 g/mol. The molecule has 0 aliphatic rings. The molecular weight excluding hydrogens is 296 g/mol. The van der Waals surface area contributed by atoms with Gasteiger partial charge < -0.3 is 14.2 Å². The van der Waals surface area contributed by atoms with Crippen LogP contribution in [0.4, 0.5) is 0 Å². The van der Waals surface area contributed by atoms with E-state index >= 15 is 0 Å². The maximum absolute atomic E-state index is 12.1. The van der Waals surface area contributed by atoms with Crippen LogP contribution in [0.15, 0.2) is 48.5 Å². The van der Waals surface area contributed by atoms with Crippen molar-refractivity contribution in [3.8, 4) is 11.5 Å². The third-order valence-electron chi connectivity index (χ3n) is 3.03. The second kappa shape index (κ2) is 7.98. The number of esters is 2. The minimum Gasteiger partial charge on any atom is -0.494 e. The van der Waals surface area contributed by atoms with Crippen molar-refractivity contribution in [1.29, 1.82) is 0 Å². The highest BCUT2D eigenvalue weighted by molar-refractivity contribution is 5.92. The van der Waals surface area contributed by atoms with Gasteiger partial charge in [0.25, 0.3) is 0 Å². The van der Waals surface area contributed by atoms with Gasteiger partial charge in [0.1, 0.15) is 11.5 Å². The minimum atomic E-state index is -0.506. The van der Waals surface area contributed by atoms with Crippen LogP contribution in [0, 0.1) is 0 Å². The van der Waals surface area contributed by atoms with Crippen LogP contribution in [0.2, 0.25) is 0 Å². The van der Waals surface area contributed by atoms with Gasteiger partial charge in [0.05, 0.1) is 24.8 Å². The van der Waals surface area contributed by atoms with Crippen molar-refractivity contribution >= 4 is 11.9 Å². The first-order chi connectivity index (χ1) is 11.1. The van der Waals surface area contributed by atoms with Gasteiger partial charge in [0.2, 0.25) is 0 Å². The van der Waals surface area contributed by atoms with Gasteiger partial charge in [-0.05, 0) is 48.9 Å². The largest absolute Gasteiger partial charge is 0.494 e. The highest BCUT2D eigenvalue weighted by Crippen LogP contribution is 2.17. The summed E-state index contributed by atoms with van der Waals surface area (Å²) in [6.45, 7) is 2.65. The Balaban J connectivity index is 2.05. The quantitative estimate of drug-likeness (QED) is 0.603. The zero-order valence-electron chi connectivity index (χ0n) is 13.1. The maximum atomic E-state index is 12.1. The molecule has 0 saturated heterocycles. The van der Waals surface area contributed by atoms with Crippen molar-refractivity contribution in [1.82, 2.24) is 0 Å². The fourth-order valence-electron chi connectivity index (χ4n) is 1.88. The zero-order valence-corrected chi connectivity index (χ0v) is 13.1. The van der Waals surface area contributed by atoms with Crippen molar-refractivity contribution in [2.45, 2.75) is 13.3 Å². The Hall–Kier alpha value is -2.82. The van der Waals surface area contributed by atoms with Gasteiger partial charge in [-0.1, -0.05) is 13.0 Å². The first-order valence-corrected chi connectivity index (χ1v) is 7.27. The lowest BCUT2D eigenvalue weighted by atomic mass is 10.2. The van der Waals surface area contributed by atoms with E-state index in [1.807, 2.05) is 6.92 Å². The second-order valence-corrected chi connectivity index (χ2v) is 4.78. The van der Waals surface area contributed by atoms with Crippen LogP contribution in [-0.2, 0) is 4.74 Å². The van der Waals surface area contributed by atoms with E-state index < -0.39 is 11.9 Å². The summed E-state index contributed by atoms with van der Waals surface area (Å²) >= 11 is 0. The molecule has 0 heterocycles. The van der Waals surface area contributed by atoms with Gasteiger partial charge in [-0.2, -0.15) is 0 Å². The van der Waals surface area contributed by atoms with E-state index in [-0.39, 0.29) is 5.75 Å². The monoisotopic (exact) mass is 314 g/mol. The lowest BCUT2D eigenvalue weighted by molar-refractivity contribution is 0.0597. The Morgan fingerprint density at radius 1 is 0.913 bits per heavy atom. The van der Waals surface area contributed by atoms with Gasteiger partial charge in [0, 0.05) is 0 Å². The van der Waals surface area contributed by atoms with Crippen molar-refractivity contribution in [3.63, 3.8) is 0 Å². The summed E-state index contributed by atoms with van der Waals surface area (Å²) in [5, 5.41) is 0. The molecule has 0 saturated carbocycles. The highest BCUT2D eigenvalue weighted by atomic mass is 16.5. The first-order valence-electron chi connectivity index (χ1n) is 7.27. The van der Waals surface area contributed by atoms with E-state index in [2.05, 4.69) is 4.74 Å². The number of methoxy groups -OCH3 is 1. The smallest absolute Gasteiger partial charge is 0.343 e. The summed E-state index contributed by atoms with van der Waals surface area (Å²) in [5.74, 6) is -0.00493. The van der Waals surface area contributed by atoms with Crippen LogP contribution < -0.4 is 9.47 Å². The summed E-state index contributed by atoms with van der Waals surface area (Å²) < 4.78 is 15.4. The molecule has 2 rings (SSSR count). The number of hydrogen-bond donors (Lipinski definition) is 0.